The molecule has 0 saturated carbocycles. The fourth-order valence-electron chi connectivity index (χ4n) is 11.3. The number of tetrazole rings is 1. The van der Waals surface area contributed by atoms with Crippen molar-refractivity contribution in [2.45, 2.75) is 186 Å². The van der Waals surface area contributed by atoms with Crippen LogP contribution in [0, 0.1) is 29.6 Å². The highest BCUT2D eigenvalue weighted by molar-refractivity contribution is 5.83. The molecule has 18 atom stereocenters. The minimum absolute atomic E-state index is 0.101. The number of cyclic esters (lactones) is 1. The van der Waals surface area contributed by atoms with E-state index in [4.69, 9.17) is 28.4 Å². The van der Waals surface area contributed by atoms with Crippen molar-refractivity contribution in [1.82, 2.24) is 40.5 Å². The molecule has 20 nitrogen and oxygen atoms in total. The van der Waals surface area contributed by atoms with E-state index in [0.717, 1.165) is 16.8 Å². The molecule has 3 aliphatic rings. The predicted molar refractivity (Wildman–Crippen MR) is 251 cm³/mol. The molecule has 0 aliphatic carbocycles. The molecule has 3 aliphatic heterocycles. The van der Waals surface area contributed by atoms with Gasteiger partial charge in [-0.15, -0.1) is 10.2 Å². The van der Waals surface area contributed by atoms with E-state index in [1.54, 1.807) is 46.2 Å². The molecule has 3 fully saturated rings. The number of aromatic amines is 1. The molecular weight excluding hydrogens is 893 g/mol. The fraction of sp³-hybridized carbons (Fsp3) is 0.776. The number of H-pyrrole nitrogens is 1. The molecule has 0 spiro atoms. The van der Waals surface area contributed by atoms with Crippen LogP contribution in [0.15, 0.2) is 30.5 Å². The van der Waals surface area contributed by atoms with Gasteiger partial charge in [0.25, 0.3) is 0 Å². The monoisotopic (exact) mass is 971 g/mol. The lowest BCUT2D eigenvalue weighted by Crippen LogP contribution is -2.62. The van der Waals surface area contributed by atoms with Gasteiger partial charge in [-0.25, -0.2) is 9.78 Å². The van der Waals surface area contributed by atoms with Crippen LogP contribution in [-0.4, -0.2) is 178 Å². The van der Waals surface area contributed by atoms with Crippen LogP contribution in [0.2, 0.25) is 0 Å². The van der Waals surface area contributed by atoms with Crippen LogP contribution in [-0.2, 0) is 51.0 Å². The number of nitrogens with one attached hydrogen (secondary N) is 1. The van der Waals surface area contributed by atoms with Crippen LogP contribution >= 0.6 is 0 Å². The van der Waals surface area contributed by atoms with Gasteiger partial charge in [-0.1, -0.05) is 64.1 Å². The maximum Gasteiger partial charge on any atom is 0.309 e. The number of ether oxygens (including phenoxy) is 6. The van der Waals surface area contributed by atoms with Gasteiger partial charge in [0, 0.05) is 69.2 Å². The molecule has 2 aromatic heterocycles. The maximum atomic E-state index is 14.6. The number of carbonyl (C=O) groups excluding carboxylic acids is 2. The third kappa shape index (κ3) is 11.8. The van der Waals surface area contributed by atoms with Crippen molar-refractivity contribution in [3.63, 3.8) is 0 Å². The Morgan fingerprint density at radius 2 is 1.59 bits per heavy atom. The summed E-state index contributed by atoms with van der Waals surface area (Å²) in [7, 11) is 5.00. The summed E-state index contributed by atoms with van der Waals surface area (Å²) in [5.41, 5.74) is -1.64. The zero-order chi connectivity index (χ0) is 50.7. The van der Waals surface area contributed by atoms with E-state index in [1.165, 1.54) is 21.1 Å². The van der Waals surface area contributed by atoms with Crippen LogP contribution < -0.4 is 0 Å². The number of aliphatic hydroxyl groups is 4. The van der Waals surface area contributed by atoms with Crippen LogP contribution in [0.25, 0.3) is 11.4 Å². The first kappa shape index (κ1) is 54.5. The molecule has 5 heterocycles. The summed E-state index contributed by atoms with van der Waals surface area (Å²) in [6, 6.07) is 7.44. The van der Waals surface area contributed by atoms with Gasteiger partial charge in [-0.3, -0.25) is 9.59 Å². The zero-order valence-corrected chi connectivity index (χ0v) is 42.7. The Hall–Kier alpha value is -3.83. The standard InChI is InChI=1S/C49H78N8O12/c1-14-37-49(10,63)41(60)30(6)39(58)26(2)22-48(9,65-13)43(28(4)38(29(5)45(62)68-37)36-23-47(8,64-12)42(61)31(7)67-36)69-46-40(59)35(21-27(3)66-46)56(11)20-19-34-25-57(55-50-34)24-32-15-17-33(18-16-32)44-51-53-54-52-44/h15-18,25-31,35-38,40-43,46,59-61,63H,14,19-24H2,1-13H3,(H,51,52,53,54)/t26-,27-,28+,29-,30+,31+,35+,36-,37-,38?,40-,41-,42+,43-,46+,47-,48-,49-/m1/s1. The van der Waals surface area contributed by atoms with Gasteiger partial charge in [0.2, 0.25) is 0 Å². The lowest BCUT2D eigenvalue weighted by molar-refractivity contribution is -0.305. The molecule has 0 bridgehead atoms. The first-order valence-electron chi connectivity index (χ1n) is 24.5. The lowest BCUT2D eigenvalue weighted by Gasteiger charge is -2.52. The molecule has 69 heavy (non-hydrogen) atoms. The Labute approximate surface area is 406 Å². The zero-order valence-electron chi connectivity index (χ0n) is 42.7. The van der Waals surface area contributed by atoms with Gasteiger partial charge in [-0.05, 0) is 82.8 Å². The Balaban J connectivity index is 1.28. The van der Waals surface area contributed by atoms with E-state index in [0.29, 0.717) is 31.8 Å². The summed E-state index contributed by atoms with van der Waals surface area (Å²) < 4.78 is 40.5. The third-order valence-electron chi connectivity index (χ3n) is 15.7. The van der Waals surface area contributed by atoms with Gasteiger partial charge < -0.3 is 53.7 Å². The van der Waals surface area contributed by atoms with Crippen LogP contribution in [0.4, 0.5) is 0 Å². The SMILES string of the molecule is CC[C@H]1OC(=O)[C@H](C)C([C@H]2C[C@@](C)(OC)[C@@H](O)[C@H](C)O2)[C@H](C)[C@@H](O[C@@H]2O[C@H](C)C[C@H](N(C)CCc3cn(Cc4ccc(-c5nnn[nH]5)cc4)nn3)[C@H]2O)[C@](C)(OC)C[C@@H](C)C(=O)[C@H](C)[C@@H](O)[C@]1(C)O. The summed E-state index contributed by atoms with van der Waals surface area (Å²) in [6.45, 7) is 18.5. The second-order valence-corrected chi connectivity index (χ2v) is 20.8. The fourth-order valence-corrected chi connectivity index (χ4v) is 11.3. The van der Waals surface area contributed by atoms with Gasteiger partial charge in [0.05, 0.1) is 59.9 Å². The van der Waals surface area contributed by atoms with Crippen LogP contribution in [0.3, 0.4) is 0 Å². The van der Waals surface area contributed by atoms with Crippen molar-refractivity contribution in [3.05, 3.63) is 41.7 Å². The highest BCUT2D eigenvalue weighted by Gasteiger charge is 2.56. The van der Waals surface area contributed by atoms with E-state index >= 15 is 0 Å². The minimum atomic E-state index is -1.98. The summed E-state index contributed by atoms with van der Waals surface area (Å²) in [6.07, 6.45) is -5.38. The number of hydrogen-bond donors (Lipinski definition) is 5. The first-order valence-corrected chi connectivity index (χ1v) is 24.5. The summed E-state index contributed by atoms with van der Waals surface area (Å²) in [5, 5.41) is 69.9. The summed E-state index contributed by atoms with van der Waals surface area (Å²) in [5.74, 6) is -4.44. The molecule has 6 rings (SSSR count). The van der Waals surface area contributed by atoms with Gasteiger partial charge in [0.1, 0.15) is 29.7 Å². The second kappa shape index (κ2) is 22.3. The number of carbonyl (C=O) groups is 2. The van der Waals surface area contributed by atoms with Crippen LogP contribution in [0.5, 0.6) is 0 Å². The van der Waals surface area contributed by atoms with E-state index in [1.807, 2.05) is 58.3 Å². The van der Waals surface area contributed by atoms with Crippen molar-refractivity contribution >= 4 is 11.8 Å². The number of Topliss-reactive ketones (excluding diaryl/α,β-unsaturated/α-hetero) is 1. The molecule has 1 unspecified atom stereocenters. The second-order valence-electron chi connectivity index (χ2n) is 20.8. The summed E-state index contributed by atoms with van der Waals surface area (Å²) >= 11 is 0. The van der Waals surface area contributed by atoms with Crippen LogP contribution in [0.1, 0.15) is 106 Å². The van der Waals surface area contributed by atoms with Crippen molar-refractivity contribution < 1.29 is 58.4 Å². The quantitative estimate of drug-likeness (QED) is 0.154. The highest BCUT2D eigenvalue weighted by atomic mass is 16.7. The topological polar surface area (TPSA) is 259 Å². The highest BCUT2D eigenvalue weighted by Crippen LogP contribution is 2.46. The van der Waals surface area contributed by atoms with Crippen molar-refractivity contribution in [3.8, 4) is 11.4 Å². The van der Waals surface area contributed by atoms with Gasteiger partial charge >= 0.3 is 5.97 Å². The van der Waals surface area contributed by atoms with Crippen molar-refractivity contribution in [1.29, 1.82) is 0 Å². The predicted octanol–water partition coefficient (Wildman–Crippen LogP) is 3.15. The molecule has 20 heteroatoms. The molecule has 0 amide bonds. The number of benzene rings is 1. The normalized spacial score (nSPS) is 39.8. The molecule has 3 saturated heterocycles. The maximum absolute atomic E-state index is 14.6. The molecule has 386 valence electrons. The molecule has 3 aromatic rings. The van der Waals surface area contributed by atoms with E-state index in [2.05, 4.69) is 35.8 Å². The van der Waals surface area contributed by atoms with Crippen molar-refractivity contribution in [2.75, 3.05) is 27.8 Å². The first-order chi connectivity index (χ1) is 32.5. The largest absolute Gasteiger partial charge is 0.459 e. The Morgan fingerprint density at radius 3 is 2.22 bits per heavy atom. The number of esters is 1. The number of nitrogens with zero attached hydrogens (tertiary/aromatic N) is 7. The van der Waals surface area contributed by atoms with Gasteiger partial charge in [-0.2, -0.15) is 0 Å². The molecule has 1 aromatic carbocycles. The van der Waals surface area contributed by atoms with E-state index < -0.39 is 107 Å². The molecule has 5 N–H and O–H groups in total. The number of aromatic nitrogens is 7. The Morgan fingerprint density at radius 1 is 0.913 bits per heavy atom. The minimum Gasteiger partial charge on any atom is -0.459 e. The average molecular weight is 971 g/mol. The number of aliphatic hydroxyl groups excluding tert-OH is 3. The number of rotatable bonds is 13. The smallest absolute Gasteiger partial charge is 0.309 e. The Kier molecular flexibility index (Phi) is 17.6. The average Bonchev–Trinajstić information content (AvgIpc) is 4.04. The number of hydrogen-bond acceptors (Lipinski definition) is 18. The number of methoxy groups -OCH3 is 2. The number of ketones is 1. The summed E-state index contributed by atoms with van der Waals surface area (Å²) in [4.78, 5) is 30.9. The van der Waals surface area contributed by atoms with Crippen molar-refractivity contribution in [2.24, 2.45) is 29.6 Å². The van der Waals surface area contributed by atoms with E-state index in [-0.39, 0.29) is 31.1 Å². The third-order valence-corrected chi connectivity index (χ3v) is 15.7. The Bertz CT molecular complexity index is 2130. The van der Waals surface area contributed by atoms with Gasteiger partial charge in [0.15, 0.2) is 12.1 Å². The molecular formula is C49H78N8O12. The van der Waals surface area contributed by atoms with E-state index in [9.17, 15) is 30.0 Å². The number of likely N-dealkylation sites (N-methyl/N-ethyl adjacent to an activating group) is 1. The molecule has 0 radical (unpaired) electrons. The lowest BCUT2D eigenvalue weighted by atomic mass is 9.67.